The van der Waals surface area contributed by atoms with Gasteiger partial charge in [0.05, 0.1) is 17.6 Å². The number of carbonyl (C=O) groups excluding carboxylic acids is 1. The van der Waals surface area contributed by atoms with Crippen LogP contribution in [0.3, 0.4) is 0 Å². The van der Waals surface area contributed by atoms with E-state index in [-0.39, 0.29) is 5.69 Å². The lowest BCUT2D eigenvalue weighted by molar-refractivity contribution is 0.249. The molecule has 6 nitrogen and oxygen atoms in total. The van der Waals surface area contributed by atoms with Gasteiger partial charge >= 0.3 is 6.03 Å². The number of aryl methyl sites for hydroxylation is 1. The molecule has 3 rings (SSSR count). The summed E-state index contributed by atoms with van der Waals surface area (Å²) < 4.78 is 14.5. The zero-order valence-corrected chi connectivity index (χ0v) is 15.1. The molecule has 1 aliphatic rings. The second-order valence-corrected chi connectivity index (χ2v) is 6.68. The third-order valence-corrected chi connectivity index (χ3v) is 4.72. The Kier molecular flexibility index (Phi) is 5.49. The van der Waals surface area contributed by atoms with Crippen molar-refractivity contribution >= 4 is 17.4 Å². The van der Waals surface area contributed by atoms with Crippen molar-refractivity contribution in [3.8, 4) is 0 Å². The number of amides is 2. The molecule has 7 heteroatoms. The van der Waals surface area contributed by atoms with Crippen LogP contribution in [0, 0.1) is 12.7 Å². The van der Waals surface area contributed by atoms with Gasteiger partial charge in [-0.3, -0.25) is 14.8 Å². The average Bonchev–Trinajstić information content (AvgIpc) is 3.14. The van der Waals surface area contributed by atoms with Gasteiger partial charge in [0.1, 0.15) is 5.82 Å². The average molecular weight is 357 g/mol. The summed E-state index contributed by atoms with van der Waals surface area (Å²) in [5, 5.41) is 3.34. The highest BCUT2D eigenvalue weighted by Crippen LogP contribution is 2.29. The smallest absolute Gasteiger partial charge is 0.324 e. The van der Waals surface area contributed by atoms with Crippen molar-refractivity contribution in [1.82, 2.24) is 15.2 Å². The Labute approximate surface area is 152 Å². The van der Waals surface area contributed by atoms with E-state index in [2.05, 4.69) is 22.2 Å². The lowest BCUT2D eigenvalue weighted by atomic mass is 10.1. The number of rotatable bonds is 5. The van der Waals surface area contributed by atoms with Crippen LogP contribution >= 0.6 is 0 Å². The molecule has 2 amide bonds. The first kappa shape index (κ1) is 18.3. The van der Waals surface area contributed by atoms with Crippen molar-refractivity contribution in [2.75, 3.05) is 25.0 Å². The summed E-state index contributed by atoms with van der Waals surface area (Å²) in [6.45, 7) is 4.47. The van der Waals surface area contributed by atoms with Crippen LogP contribution in [0.15, 0.2) is 36.5 Å². The number of aromatic nitrogens is 1. The number of nitrogens with zero attached hydrogens (tertiary/aromatic N) is 3. The Morgan fingerprint density at radius 3 is 2.81 bits per heavy atom. The molecule has 3 N–H and O–H groups in total. The highest BCUT2D eigenvalue weighted by Gasteiger charge is 2.22. The van der Waals surface area contributed by atoms with Crippen LogP contribution in [-0.2, 0) is 6.54 Å². The number of hydrogen-bond donors (Lipinski definition) is 2. The van der Waals surface area contributed by atoms with Crippen LogP contribution in [0.5, 0.6) is 0 Å². The van der Waals surface area contributed by atoms with Crippen LogP contribution in [0.4, 0.5) is 20.6 Å². The van der Waals surface area contributed by atoms with Gasteiger partial charge in [0, 0.05) is 24.8 Å². The molecule has 1 aromatic heterocycles. The van der Waals surface area contributed by atoms with Crippen LogP contribution in [0.25, 0.3) is 0 Å². The molecule has 26 heavy (non-hydrogen) atoms. The second kappa shape index (κ2) is 7.80. The Balaban J connectivity index is 1.89. The van der Waals surface area contributed by atoms with Crippen molar-refractivity contribution < 1.29 is 9.18 Å². The van der Waals surface area contributed by atoms with E-state index >= 15 is 0 Å². The first-order valence-corrected chi connectivity index (χ1v) is 8.67. The van der Waals surface area contributed by atoms with Gasteiger partial charge in [0.2, 0.25) is 0 Å². The maximum atomic E-state index is 14.5. The summed E-state index contributed by atoms with van der Waals surface area (Å²) in [7, 11) is 2.05. The quantitative estimate of drug-likeness (QED) is 0.862. The van der Waals surface area contributed by atoms with Crippen molar-refractivity contribution in [2.24, 2.45) is 5.73 Å². The monoisotopic (exact) mass is 357 g/mol. The summed E-state index contributed by atoms with van der Waals surface area (Å²) in [4.78, 5) is 19.6. The van der Waals surface area contributed by atoms with Crippen LogP contribution in [0.2, 0.25) is 0 Å². The molecule has 0 radical (unpaired) electrons. The molecule has 138 valence electrons. The normalized spacial score (nSPS) is 16.8. The van der Waals surface area contributed by atoms with Crippen molar-refractivity contribution in [3.05, 3.63) is 53.6 Å². The molecule has 0 spiro atoms. The van der Waals surface area contributed by atoms with Gasteiger partial charge in [-0.1, -0.05) is 6.07 Å². The van der Waals surface area contributed by atoms with E-state index in [9.17, 15) is 9.18 Å². The molecule has 0 aliphatic carbocycles. The van der Waals surface area contributed by atoms with Crippen molar-refractivity contribution in [3.63, 3.8) is 0 Å². The van der Waals surface area contributed by atoms with Gasteiger partial charge in [-0.2, -0.15) is 0 Å². The number of pyridine rings is 1. The van der Waals surface area contributed by atoms with Gasteiger partial charge in [0.15, 0.2) is 0 Å². The van der Waals surface area contributed by atoms with Crippen molar-refractivity contribution in [2.45, 2.75) is 25.9 Å². The number of likely N-dealkylation sites (N-methyl/N-ethyl adjacent to an activating group) is 1. The summed E-state index contributed by atoms with van der Waals surface area (Å²) in [6.07, 6.45) is 2.61. The van der Waals surface area contributed by atoms with Gasteiger partial charge in [-0.15, -0.1) is 0 Å². The van der Waals surface area contributed by atoms with Gasteiger partial charge in [0.25, 0.3) is 0 Å². The molecule has 1 saturated heterocycles. The molecule has 1 aromatic carbocycles. The van der Waals surface area contributed by atoms with E-state index in [0.717, 1.165) is 35.7 Å². The summed E-state index contributed by atoms with van der Waals surface area (Å²) in [5.74, 6) is -0.502. The standard InChI is InChI=1S/C19H24FN5O/c1-13-3-5-16(11-23-13)25(19(21)26)18-9-14(4-6-17(18)20)12-24(2)15-7-8-22-10-15/h3-6,9,11,15,22H,7-8,10,12H2,1-2H3,(H2,21,26)/t15-/m0/s1. The molecule has 1 atom stereocenters. The van der Waals surface area contributed by atoms with Gasteiger partial charge in [-0.05, 0) is 56.8 Å². The Bertz CT molecular complexity index is 774. The Morgan fingerprint density at radius 2 is 2.19 bits per heavy atom. The highest BCUT2D eigenvalue weighted by atomic mass is 19.1. The Hall–Kier alpha value is -2.51. The fraction of sp³-hybridized carbons (Fsp3) is 0.368. The number of nitrogens with two attached hydrogens (primary N) is 1. The molecule has 0 saturated carbocycles. The molecule has 2 heterocycles. The lowest BCUT2D eigenvalue weighted by Crippen LogP contribution is -2.34. The predicted octanol–water partition coefficient (Wildman–Crippen LogP) is 2.54. The first-order chi connectivity index (χ1) is 12.5. The number of nitrogens with one attached hydrogen (secondary N) is 1. The number of halogens is 1. The van der Waals surface area contributed by atoms with Crippen molar-refractivity contribution in [1.29, 1.82) is 0 Å². The van der Waals surface area contributed by atoms with Crippen LogP contribution in [0.1, 0.15) is 17.7 Å². The molecule has 0 bridgehead atoms. The maximum absolute atomic E-state index is 14.5. The minimum absolute atomic E-state index is 0.138. The zero-order valence-electron chi connectivity index (χ0n) is 15.1. The maximum Gasteiger partial charge on any atom is 0.324 e. The fourth-order valence-electron chi connectivity index (χ4n) is 3.24. The van der Waals surface area contributed by atoms with E-state index in [4.69, 9.17) is 5.73 Å². The van der Waals surface area contributed by atoms with Crippen LogP contribution < -0.4 is 16.0 Å². The molecular formula is C19H24FN5O. The predicted molar refractivity (Wildman–Crippen MR) is 99.8 cm³/mol. The number of primary amides is 1. The number of urea groups is 1. The lowest BCUT2D eigenvalue weighted by Gasteiger charge is -2.25. The van der Waals surface area contributed by atoms with Gasteiger partial charge in [-0.25, -0.2) is 9.18 Å². The number of anilines is 2. The summed E-state index contributed by atoms with van der Waals surface area (Å²) in [6, 6.07) is 7.97. The molecule has 2 aromatic rings. The summed E-state index contributed by atoms with van der Waals surface area (Å²) >= 11 is 0. The Morgan fingerprint density at radius 1 is 1.38 bits per heavy atom. The number of hydrogen-bond acceptors (Lipinski definition) is 4. The third kappa shape index (κ3) is 4.00. The SMILES string of the molecule is Cc1ccc(N(C(N)=O)c2cc(CN(C)[C@H]3CCNC3)ccc2F)cn1. The molecule has 1 fully saturated rings. The topological polar surface area (TPSA) is 74.5 Å². The highest BCUT2D eigenvalue weighted by molar-refractivity contribution is 5.98. The van der Waals surface area contributed by atoms with E-state index in [1.807, 2.05) is 6.92 Å². The third-order valence-electron chi connectivity index (χ3n) is 4.72. The summed E-state index contributed by atoms with van der Waals surface area (Å²) in [5.41, 5.74) is 7.83. The minimum atomic E-state index is -0.750. The largest absolute Gasteiger partial charge is 0.351 e. The van der Waals surface area contributed by atoms with E-state index in [1.54, 1.807) is 24.3 Å². The molecule has 1 aliphatic heterocycles. The molecule has 0 unspecified atom stereocenters. The second-order valence-electron chi connectivity index (χ2n) is 6.68. The number of benzene rings is 1. The van der Waals surface area contributed by atoms with E-state index < -0.39 is 11.8 Å². The zero-order chi connectivity index (χ0) is 18.7. The minimum Gasteiger partial charge on any atom is -0.351 e. The van der Waals surface area contributed by atoms with Gasteiger partial charge < -0.3 is 11.1 Å². The molecular weight excluding hydrogens is 333 g/mol. The van der Waals surface area contributed by atoms with Crippen LogP contribution in [-0.4, -0.2) is 42.1 Å². The fourth-order valence-corrected chi connectivity index (χ4v) is 3.24. The van der Waals surface area contributed by atoms with E-state index in [1.165, 1.54) is 12.3 Å². The van der Waals surface area contributed by atoms with E-state index in [0.29, 0.717) is 18.3 Å². The first-order valence-electron chi connectivity index (χ1n) is 8.67. The number of carbonyl (C=O) groups is 1.